The fourth-order valence-corrected chi connectivity index (χ4v) is 2.57. The molecule has 0 aliphatic heterocycles. The smallest absolute Gasteiger partial charge is 0.323 e. The SMILES string of the molecule is C#CCNC(=O)N(C)c1sc(-c2cncnc2)nc1C. The van der Waals surface area contributed by atoms with E-state index < -0.39 is 0 Å². The van der Waals surface area contributed by atoms with Crippen molar-refractivity contribution in [2.75, 3.05) is 18.5 Å². The highest BCUT2D eigenvalue weighted by atomic mass is 32.1. The quantitative estimate of drug-likeness (QED) is 0.872. The second-order valence-electron chi connectivity index (χ2n) is 3.96. The zero-order chi connectivity index (χ0) is 14.5. The third-order valence-electron chi connectivity index (χ3n) is 2.53. The van der Waals surface area contributed by atoms with Gasteiger partial charge in [-0.25, -0.2) is 19.7 Å². The summed E-state index contributed by atoms with van der Waals surface area (Å²) in [6.07, 6.45) is 9.96. The molecule has 1 N–H and O–H groups in total. The van der Waals surface area contributed by atoms with E-state index >= 15 is 0 Å². The number of carbonyl (C=O) groups is 1. The van der Waals surface area contributed by atoms with Gasteiger partial charge in [-0.05, 0) is 6.92 Å². The number of terminal acetylenes is 1. The zero-order valence-electron chi connectivity index (χ0n) is 11.1. The summed E-state index contributed by atoms with van der Waals surface area (Å²) in [6, 6.07) is -0.259. The molecule has 0 unspecified atom stereocenters. The minimum atomic E-state index is -0.259. The van der Waals surface area contributed by atoms with E-state index in [0.717, 1.165) is 21.3 Å². The molecule has 0 fully saturated rings. The van der Waals surface area contributed by atoms with E-state index in [1.807, 2.05) is 6.92 Å². The number of aromatic nitrogens is 3. The van der Waals surface area contributed by atoms with Crippen LogP contribution in [0.3, 0.4) is 0 Å². The van der Waals surface area contributed by atoms with E-state index in [1.165, 1.54) is 22.6 Å². The third-order valence-corrected chi connectivity index (χ3v) is 3.81. The summed E-state index contributed by atoms with van der Waals surface area (Å²) >= 11 is 1.40. The number of nitrogens with one attached hydrogen (secondary N) is 1. The van der Waals surface area contributed by atoms with E-state index in [4.69, 9.17) is 6.42 Å². The van der Waals surface area contributed by atoms with Crippen LogP contribution in [0.2, 0.25) is 0 Å². The standard InChI is InChI=1S/C13H13N5OS/c1-4-5-16-13(19)18(3)12-9(2)17-11(20-12)10-6-14-8-15-7-10/h1,6-8H,5H2,2-3H3,(H,16,19). The summed E-state index contributed by atoms with van der Waals surface area (Å²) in [6.45, 7) is 2.05. The molecule has 0 aromatic carbocycles. The first-order valence-electron chi connectivity index (χ1n) is 5.81. The van der Waals surface area contributed by atoms with Crippen molar-refractivity contribution in [3.63, 3.8) is 0 Å². The van der Waals surface area contributed by atoms with Gasteiger partial charge in [0.25, 0.3) is 0 Å². The average molecular weight is 287 g/mol. The Labute approximate surface area is 120 Å². The van der Waals surface area contributed by atoms with Gasteiger partial charge in [0.1, 0.15) is 16.3 Å². The lowest BCUT2D eigenvalue weighted by Crippen LogP contribution is -2.37. The van der Waals surface area contributed by atoms with Crippen LogP contribution in [0.1, 0.15) is 5.69 Å². The van der Waals surface area contributed by atoms with E-state index in [-0.39, 0.29) is 12.6 Å². The van der Waals surface area contributed by atoms with Gasteiger partial charge in [-0.15, -0.1) is 6.42 Å². The predicted molar refractivity (Wildman–Crippen MR) is 78.5 cm³/mol. The van der Waals surface area contributed by atoms with Gasteiger partial charge >= 0.3 is 6.03 Å². The second kappa shape index (κ2) is 6.12. The number of nitrogens with zero attached hydrogens (tertiary/aromatic N) is 4. The Morgan fingerprint density at radius 3 is 2.85 bits per heavy atom. The molecule has 2 aromatic rings. The summed E-state index contributed by atoms with van der Waals surface area (Å²) in [5.74, 6) is 2.36. The fourth-order valence-electron chi connectivity index (χ4n) is 1.57. The molecule has 0 spiro atoms. The number of aryl methyl sites for hydroxylation is 1. The number of carbonyl (C=O) groups excluding carboxylic acids is 1. The molecule has 0 aliphatic carbocycles. The van der Waals surface area contributed by atoms with Crippen molar-refractivity contribution in [3.8, 4) is 22.9 Å². The van der Waals surface area contributed by atoms with Crippen molar-refractivity contribution in [2.45, 2.75) is 6.92 Å². The molecule has 2 rings (SSSR count). The number of anilines is 1. The number of amides is 2. The lowest BCUT2D eigenvalue weighted by Gasteiger charge is -2.15. The van der Waals surface area contributed by atoms with Gasteiger partial charge in [0, 0.05) is 25.0 Å². The number of rotatable bonds is 3. The van der Waals surface area contributed by atoms with Gasteiger partial charge in [0.05, 0.1) is 12.2 Å². The fraction of sp³-hybridized carbons (Fsp3) is 0.231. The molecular weight excluding hydrogens is 274 g/mol. The summed E-state index contributed by atoms with van der Waals surface area (Å²) in [7, 11) is 1.68. The van der Waals surface area contributed by atoms with Gasteiger partial charge in [0.2, 0.25) is 0 Å². The minimum Gasteiger partial charge on any atom is -0.327 e. The third kappa shape index (κ3) is 2.92. The monoisotopic (exact) mass is 287 g/mol. The number of hydrogen-bond donors (Lipinski definition) is 1. The molecule has 0 saturated heterocycles. The number of hydrogen-bond acceptors (Lipinski definition) is 5. The topological polar surface area (TPSA) is 71.0 Å². The molecule has 6 nitrogen and oxygen atoms in total. The van der Waals surface area contributed by atoms with Crippen LogP contribution in [0.15, 0.2) is 18.7 Å². The Bertz CT molecular complexity index is 647. The van der Waals surface area contributed by atoms with Gasteiger partial charge in [-0.1, -0.05) is 17.3 Å². The maximum absolute atomic E-state index is 11.9. The van der Waals surface area contributed by atoms with Crippen LogP contribution in [0.5, 0.6) is 0 Å². The van der Waals surface area contributed by atoms with Crippen LogP contribution in [0.4, 0.5) is 9.80 Å². The molecular formula is C13H13N5OS. The van der Waals surface area contributed by atoms with Crippen LogP contribution in [-0.4, -0.2) is 34.6 Å². The maximum Gasteiger partial charge on any atom is 0.323 e. The first kappa shape index (κ1) is 14.0. The van der Waals surface area contributed by atoms with Crippen molar-refractivity contribution in [3.05, 3.63) is 24.4 Å². The van der Waals surface area contributed by atoms with Crippen molar-refractivity contribution in [1.29, 1.82) is 0 Å². The Morgan fingerprint density at radius 2 is 2.20 bits per heavy atom. The van der Waals surface area contributed by atoms with Crippen LogP contribution in [0.25, 0.3) is 10.6 Å². The second-order valence-corrected chi connectivity index (χ2v) is 4.94. The van der Waals surface area contributed by atoms with Crippen LogP contribution in [-0.2, 0) is 0 Å². The van der Waals surface area contributed by atoms with E-state index in [9.17, 15) is 4.79 Å². The molecule has 0 radical (unpaired) electrons. The highest BCUT2D eigenvalue weighted by Crippen LogP contribution is 2.33. The Balaban J connectivity index is 2.24. The lowest BCUT2D eigenvalue weighted by atomic mass is 10.3. The molecule has 2 aromatic heterocycles. The lowest BCUT2D eigenvalue weighted by molar-refractivity contribution is 0.248. The molecule has 102 valence electrons. The summed E-state index contributed by atoms with van der Waals surface area (Å²) < 4.78 is 0. The van der Waals surface area contributed by atoms with Gasteiger partial charge in [-0.3, -0.25) is 4.90 Å². The molecule has 0 aliphatic rings. The van der Waals surface area contributed by atoms with Crippen molar-refractivity contribution < 1.29 is 4.79 Å². The van der Waals surface area contributed by atoms with Crippen molar-refractivity contribution >= 4 is 22.4 Å². The molecule has 2 amide bonds. The normalized spacial score (nSPS) is 9.85. The average Bonchev–Trinajstić information content (AvgIpc) is 2.87. The largest absolute Gasteiger partial charge is 0.327 e. The predicted octanol–water partition coefficient (Wildman–Crippen LogP) is 1.69. The Morgan fingerprint density at radius 1 is 1.50 bits per heavy atom. The molecule has 0 bridgehead atoms. The van der Waals surface area contributed by atoms with E-state index in [1.54, 1.807) is 19.4 Å². The summed E-state index contributed by atoms with van der Waals surface area (Å²) in [5.41, 5.74) is 1.59. The van der Waals surface area contributed by atoms with Crippen LogP contribution in [0, 0.1) is 19.3 Å². The van der Waals surface area contributed by atoms with Crippen LogP contribution < -0.4 is 10.2 Å². The maximum atomic E-state index is 11.9. The first-order valence-corrected chi connectivity index (χ1v) is 6.63. The molecule has 7 heteroatoms. The first-order chi connectivity index (χ1) is 9.63. The molecule has 20 heavy (non-hydrogen) atoms. The highest BCUT2D eigenvalue weighted by molar-refractivity contribution is 7.19. The molecule has 2 heterocycles. The van der Waals surface area contributed by atoms with Gasteiger partial charge in [-0.2, -0.15) is 0 Å². The van der Waals surface area contributed by atoms with E-state index in [2.05, 4.69) is 26.2 Å². The van der Waals surface area contributed by atoms with Gasteiger partial charge in [0.15, 0.2) is 0 Å². The Hall–Kier alpha value is -2.46. The van der Waals surface area contributed by atoms with Crippen molar-refractivity contribution in [2.24, 2.45) is 0 Å². The van der Waals surface area contributed by atoms with Gasteiger partial charge < -0.3 is 5.32 Å². The molecule has 0 atom stereocenters. The highest BCUT2D eigenvalue weighted by Gasteiger charge is 2.17. The Kier molecular flexibility index (Phi) is 4.27. The van der Waals surface area contributed by atoms with Crippen molar-refractivity contribution in [1.82, 2.24) is 20.3 Å². The molecule has 0 saturated carbocycles. The number of thiazole rings is 1. The van der Waals surface area contributed by atoms with E-state index in [0.29, 0.717) is 0 Å². The number of urea groups is 1. The zero-order valence-corrected chi connectivity index (χ0v) is 11.9. The summed E-state index contributed by atoms with van der Waals surface area (Å²) in [4.78, 5) is 25.7. The van der Waals surface area contributed by atoms with Crippen LogP contribution >= 0.6 is 11.3 Å². The summed E-state index contributed by atoms with van der Waals surface area (Å²) in [5, 5.41) is 4.15. The minimum absolute atomic E-state index is 0.195.